The van der Waals surface area contributed by atoms with Crippen LogP contribution in [0.1, 0.15) is 32.6 Å². The van der Waals surface area contributed by atoms with Crippen LogP contribution in [0.5, 0.6) is 5.75 Å². The second-order valence-corrected chi connectivity index (χ2v) is 7.35. The van der Waals surface area contributed by atoms with Gasteiger partial charge in [0.05, 0.1) is 18.5 Å². The first-order chi connectivity index (χ1) is 10.0. The number of nitrogens with one attached hydrogen (secondary N) is 1. The van der Waals surface area contributed by atoms with Crippen LogP contribution in [0.4, 0.5) is 11.4 Å². The second-order valence-electron chi connectivity index (χ2n) is 5.32. The summed E-state index contributed by atoms with van der Waals surface area (Å²) in [5.74, 6) is 0.380. The van der Waals surface area contributed by atoms with Gasteiger partial charge in [-0.05, 0) is 31.9 Å². The van der Waals surface area contributed by atoms with E-state index in [1.165, 1.54) is 0 Å². The van der Waals surface area contributed by atoms with E-state index in [4.69, 9.17) is 10.5 Å². The Bertz CT molecular complexity index is 542. The monoisotopic (exact) mass is 310 g/mol. The fourth-order valence-corrected chi connectivity index (χ4v) is 4.18. The molecule has 0 bridgehead atoms. The molecule has 1 saturated carbocycles. The quantitative estimate of drug-likeness (QED) is 0.818. The van der Waals surface area contributed by atoms with Gasteiger partial charge in [0.1, 0.15) is 11.0 Å². The number of ether oxygens (including phenoxy) is 1. The Morgan fingerprint density at radius 1 is 1.43 bits per heavy atom. The zero-order chi connectivity index (χ0) is 15.4. The molecule has 0 spiro atoms. The number of carbonyl (C=O) groups is 1. The van der Waals surface area contributed by atoms with Gasteiger partial charge in [-0.25, -0.2) is 0 Å². The van der Waals surface area contributed by atoms with Crippen LogP contribution in [0.2, 0.25) is 0 Å². The number of anilines is 2. The average Bonchev–Trinajstić information content (AvgIpc) is 3.01. The number of amides is 1. The van der Waals surface area contributed by atoms with Gasteiger partial charge in [0.15, 0.2) is 0 Å². The molecule has 3 N–H and O–H groups in total. The van der Waals surface area contributed by atoms with Crippen molar-refractivity contribution in [3.05, 3.63) is 18.2 Å². The van der Waals surface area contributed by atoms with Crippen LogP contribution < -0.4 is 15.8 Å². The zero-order valence-corrected chi connectivity index (χ0v) is 13.2. The highest BCUT2D eigenvalue weighted by Crippen LogP contribution is 2.27. The largest absolute Gasteiger partial charge is 0.497 e. The fraction of sp³-hybridized carbons (Fsp3) is 0.533. The normalized spacial score (nSPS) is 18.2. The maximum Gasteiger partial charge on any atom is 0.239 e. The van der Waals surface area contributed by atoms with Gasteiger partial charge in [-0.2, -0.15) is 0 Å². The van der Waals surface area contributed by atoms with Crippen molar-refractivity contribution in [1.29, 1.82) is 0 Å². The lowest BCUT2D eigenvalue weighted by Gasteiger charge is -2.17. The Morgan fingerprint density at radius 3 is 2.67 bits per heavy atom. The van der Waals surface area contributed by atoms with Gasteiger partial charge in [-0.15, -0.1) is 0 Å². The van der Waals surface area contributed by atoms with E-state index in [0.717, 1.165) is 25.7 Å². The van der Waals surface area contributed by atoms with Crippen LogP contribution in [0, 0.1) is 0 Å². The average molecular weight is 310 g/mol. The summed E-state index contributed by atoms with van der Waals surface area (Å²) in [6.07, 6.45) is 4.12. The first-order valence-corrected chi connectivity index (χ1v) is 8.44. The van der Waals surface area contributed by atoms with Crippen molar-refractivity contribution in [2.45, 2.75) is 43.1 Å². The molecular weight excluding hydrogens is 288 g/mol. The molecule has 1 fully saturated rings. The van der Waals surface area contributed by atoms with E-state index < -0.39 is 16.0 Å². The molecule has 1 aliphatic rings. The van der Waals surface area contributed by atoms with Crippen LogP contribution in [-0.2, 0) is 15.6 Å². The van der Waals surface area contributed by atoms with Gasteiger partial charge in [0.2, 0.25) is 5.91 Å². The summed E-state index contributed by atoms with van der Waals surface area (Å²) in [6.45, 7) is 1.71. The smallest absolute Gasteiger partial charge is 0.239 e. The van der Waals surface area contributed by atoms with Crippen LogP contribution >= 0.6 is 0 Å². The van der Waals surface area contributed by atoms with E-state index in [2.05, 4.69) is 5.32 Å². The topological polar surface area (TPSA) is 81.4 Å². The molecular formula is C15H22N2O3S. The van der Waals surface area contributed by atoms with Crippen molar-refractivity contribution in [3.63, 3.8) is 0 Å². The number of benzene rings is 1. The summed E-state index contributed by atoms with van der Waals surface area (Å²) < 4.78 is 17.4. The number of hydrogen-bond acceptors (Lipinski definition) is 4. The molecule has 2 atom stereocenters. The lowest BCUT2D eigenvalue weighted by atomic mass is 10.2. The minimum absolute atomic E-state index is 0.152. The summed E-state index contributed by atoms with van der Waals surface area (Å²) in [6, 6.07) is 5.07. The summed E-state index contributed by atoms with van der Waals surface area (Å²) in [7, 11) is 0.421. The number of rotatable bonds is 5. The third-order valence-electron chi connectivity index (χ3n) is 3.87. The van der Waals surface area contributed by atoms with Crippen molar-refractivity contribution < 1.29 is 13.7 Å². The van der Waals surface area contributed by atoms with E-state index in [9.17, 15) is 9.00 Å². The third-order valence-corrected chi connectivity index (χ3v) is 5.90. The lowest BCUT2D eigenvalue weighted by Crippen LogP contribution is -2.33. The van der Waals surface area contributed by atoms with Gasteiger partial charge < -0.3 is 15.8 Å². The van der Waals surface area contributed by atoms with E-state index in [-0.39, 0.29) is 11.2 Å². The Kier molecular flexibility index (Phi) is 5.22. The molecule has 1 aromatic carbocycles. The number of nitrogens with two attached hydrogens (primary N) is 1. The summed E-state index contributed by atoms with van der Waals surface area (Å²) in [5.41, 5.74) is 6.83. The summed E-state index contributed by atoms with van der Waals surface area (Å²) in [5, 5.41) is 2.37. The van der Waals surface area contributed by atoms with Crippen molar-refractivity contribution in [2.24, 2.45) is 0 Å². The number of nitrogen functional groups attached to an aromatic ring is 1. The van der Waals surface area contributed by atoms with Crippen molar-refractivity contribution in [2.75, 3.05) is 18.2 Å². The van der Waals surface area contributed by atoms with Gasteiger partial charge in [-0.3, -0.25) is 9.00 Å². The summed E-state index contributed by atoms with van der Waals surface area (Å²) in [4.78, 5) is 12.2. The van der Waals surface area contributed by atoms with E-state index in [0.29, 0.717) is 17.1 Å². The molecule has 2 unspecified atom stereocenters. The molecule has 0 aliphatic heterocycles. The molecule has 1 aliphatic carbocycles. The van der Waals surface area contributed by atoms with Gasteiger partial charge >= 0.3 is 0 Å². The number of hydrogen-bond donors (Lipinski definition) is 2. The first kappa shape index (κ1) is 15.8. The number of methoxy groups -OCH3 is 1. The van der Waals surface area contributed by atoms with Gasteiger partial charge in [0, 0.05) is 22.1 Å². The maximum absolute atomic E-state index is 12.4. The van der Waals surface area contributed by atoms with Crippen LogP contribution in [0.3, 0.4) is 0 Å². The minimum Gasteiger partial charge on any atom is -0.497 e. The molecule has 0 radical (unpaired) electrons. The van der Waals surface area contributed by atoms with Gasteiger partial charge in [-0.1, -0.05) is 12.8 Å². The van der Waals surface area contributed by atoms with Crippen LogP contribution in [0.25, 0.3) is 0 Å². The molecule has 116 valence electrons. The van der Waals surface area contributed by atoms with E-state index >= 15 is 0 Å². The van der Waals surface area contributed by atoms with E-state index in [1.807, 2.05) is 0 Å². The summed E-state index contributed by atoms with van der Waals surface area (Å²) >= 11 is 0. The minimum atomic E-state index is -1.13. The molecule has 1 amide bonds. The molecule has 0 aromatic heterocycles. The second kappa shape index (κ2) is 6.93. The van der Waals surface area contributed by atoms with E-state index in [1.54, 1.807) is 32.2 Å². The molecule has 21 heavy (non-hydrogen) atoms. The fourth-order valence-electron chi connectivity index (χ4n) is 2.53. The SMILES string of the molecule is COc1ccc(NC(=O)C(C)S(=O)C2CCCC2)c(N)c1. The van der Waals surface area contributed by atoms with Gasteiger partial charge in [0.25, 0.3) is 0 Å². The maximum atomic E-state index is 12.4. The molecule has 2 rings (SSSR count). The predicted molar refractivity (Wildman–Crippen MR) is 85.9 cm³/mol. The Morgan fingerprint density at radius 2 is 2.10 bits per heavy atom. The molecule has 0 saturated heterocycles. The highest BCUT2D eigenvalue weighted by molar-refractivity contribution is 7.87. The highest BCUT2D eigenvalue weighted by Gasteiger charge is 2.29. The predicted octanol–water partition coefficient (Wildman–Crippen LogP) is 2.30. The molecule has 1 aromatic rings. The van der Waals surface area contributed by atoms with Crippen molar-refractivity contribution in [1.82, 2.24) is 0 Å². The Balaban J connectivity index is 2.01. The molecule has 6 heteroatoms. The van der Waals surface area contributed by atoms with Crippen molar-refractivity contribution in [3.8, 4) is 5.75 Å². The highest BCUT2D eigenvalue weighted by atomic mass is 32.2. The zero-order valence-electron chi connectivity index (χ0n) is 12.4. The molecule has 5 nitrogen and oxygen atoms in total. The standard InChI is InChI=1S/C15H22N2O3S/c1-10(21(19)12-5-3-4-6-12)15(18)17-14-8-7-11(20-2)9-13(14)16/h7-10,12H,3-6,16H2,1-2H3,(H,17,18). The first-order valence-electron chi connectivity index (χ1n) is 7.16. The lowest BCUT2D eigenvalue weighted by molar-refractivity contribution is -0.115. The van der Waals surface area contributed by atoms with Crippen LogP contribution in [-0.4, -0.2) is 27.7 Å². The third kappa shape index (κ3) is 3.75. The Labute approximate surface area is 127 Å². The Hall–Kier alpha value is -1.56. The molecule has 0 heterocycles. The van der Waals surface area contributed by atoms with Crippen LogP contribution in [0.15, 0.2) is 18.2 Å². The number of carbonyl (C=O) groups excluding carboxylic acids is 1. The van der Waals surface area contributed by atoms with Crippen molar-refractivity contribution >= 4 is 28.1 Å².